The smallest absolute Gasteiger partial charge is 0.333 e. The largest absolute Gasteiger partial charge is 0.495 e. The molecule has 0 aliphatic carbocycles. The Morgan fingerprint density at radius 1 is 1.06 bits per heavy atom. The number of hydrogen-bond acceptors (Lipinski definition) is 5. The monoisotopic (exact) mass is 469 g/mol. The van der Waals surface area contributed by atoms with Crippen LogP contribution < -0.4 is 14.8 Å². The van der Waals surface area contributed by atoms with Crippen LogP contribution in [-0.2, 0) is 20.7 Å². The first-order chi connectivity index (χ1) is 14.6. The molecule has 2 unspecified atom stereocenters. The zero-order valence-corrected chi connectivity index (χ0v) is 19.2. The van der Waals surface area contributed by atoms with Gasteiger partial charge in [0, 0.05) is 11.4 Å². The molecule has 0 heterocycles. The number of carboxylic acids is 1. The molecule has 2 aromatic carbocycles. The van der Waals surface area contributed by atoms with Gasteiger partial charge in [-0.1, -0.05) is 29.3 Å². The Bertz CT molecular complexity index is 934. The average Bonchev–Trinajstić information content (AvgIpc) is 2.69. The zero-order chi connectivity index (χ0) is 23.1. The predicted octanol–water partition coefficient (Wildman–Crippen LogP) is 4.83. The highest BCUT2D eigenvalue weighted by molar-refractivity contribution is 6.35. The first-order valence-corrected chi connectivity index (χ1v) is 10.3. The van der Waals surface area contributed by atoms with Crippen LogP contribution in [0.25, 0.3) is 0 Å². The summed E-state index contributed by atoms with van der Waals surface area (Å²) in [5.74, 6) is -0.748. The number of aliphatic carboxylic acids is 1. The van der Waals surface area contributed by atoms with E-state index in [4.69, 9.17) is 37.4 Å². The highest BCUT2D eigenvalue weighted by Gasteiger charge is 2.22. The van der Waals surface area contributed by atoms with Crippen LogP contribution >= 0.6 is 23.2 Å². The second kappa shape index (κ2) is 11.2. The average molecular weight is 470 g/mol. The number of carboxylic acid groups (broad SMARTS) is 1. The Morgan fingerprint density at radius 3 is 2.32 bits per heavy atom. The van der Waals surface area contributed by atoms with Gasteiger partial charge in [-0.3, -0.25) is 4.79 Å². The number of methoxy groups -OCH3 is 1. The Labute approximate surface area is 191 Å². The molecule has 0 aliphatic heterocycles. The van der Waals surface area contributed by atoms with E-state index in [1.165, 1.54) is 13.2 Å². The number of carbonyl (C=O) groups excluding carboxylic acids is 1. The topological polar surface area (TPSA) is 94.1 Å². The van der Waals surface area contributed by atoms with Gasteiger partial charge in [0.2, 0.25) is 0 Å². The van der Waals surface area contributed by atoms with Crippen LogP contribution in [0.5, 0.6) is 11.5 Å². The summed E-state index contributed by atoms with van der Waals surface area (Å²) in [6, 6.07) is 9.74. The van der Waals surface area contributed by atoms with E-state index in [1.54, 1.807) is 51.1 Å². The number of anilines is 1. The third-order valence-electron chi connectivity index (χ3n) is 4.22. The molecule has 0 bridgehead atoms. The Kier molecular flexibility index (Phi) is 8.98. The van der Waals surface area contributed by atoms with Crippen molar-refractivity contribution in [1.29, 1.82) is 0 Å². The molecule has 9 heteroatoms. The minimum Gasteiger partial charge on any atom is -0.495 e. The Hall–Kier alpha value is -2.48. The van der Waals surface area contributed by atoms with Gasteiger partial charge in [0.05, 0.1) is 23.9 Å². The second-order valence-corrected chi connectivity index (χ2v) is 7.92. The summed E-state index contributed by atoms with van der Waals surface area (Å²) in [5.41, 5.74) is 1.05. The van der Waals surface area contributed by atoms with Crippen molar-refractivity contribution in [2.24, 2.45) is 0 Å². The van der Waals surface area contributed by atoms with Crippen molar-refractivity contribution in [3.05, 3.63) is 52.0 Å². The molecule has 0 saturated carbocycles. The van der Waals surface area contributed by atoms with E-state index < -0.39 is 24.1 Å². The van der Waals surface area contributed by atoms with Gasteiger partial charge in [0.15, 0.2) is 12.2 Å². The number of ether oxygens (including phenoxy) is 3. The molecule has 168 valence electrons. The molecule has 1 amide bonds. The summed E-state index contributed by atoms with van der Waals surface area (Å²) in [6.07, 6.45) is -1.99. The maximum absolute atomic E-state index is 12.7. The number of benzene rings is 2. The molecule has 0 radical (unpaired) electrons. The standard InChI is InChI=1S/C22H25Cl2NO6/c1-12(2)30-20(22(27)28)10-14-5-7-19(29-4)17(9-14)25-21(26)13(3)31-18-8-6-15(23)11-16(18)24/h5-9,11-13,20H,10H2,1-4H3,(H,25,26)(H,27,28). The predicted molar refractivity (Wildman–Crippen MR) is 120 cm³/mol. The van der Waals surface area contributed by atoms with Gasteiger partial charge in [-0.25, -0.2) is 4.79 Å². The van der Waals surface area contributed by atoms with Gasteiger partial charge in [-0.15, -0.1) is 0 Å². The molecule has 0 aliphatic rings. The fourth-order valence-electron chi connectivity index (χ4n) is 2.77. The summed E-state index contributed by atoms with van der Waals surface area (Å²) in [6.45, 7) is 5.11. The van der Waals surface area contributed by atoms with Crippen LogP contribution in [0.4, 0.5) is 5.69 Å². The van der Waals surface area contributed by atoms with Gasteiger partial charge < -0.3 is 24.6 Å². The molecular weight excluding hydrogens is 445 g/mol. The molecule has 0 spiro atoms. The maximum Gasteiger partial charge on any atom is 0.333 e. The van der Waals surface area contributed by atoms with Crippen LogP contribution in [0.15, 0.2) is 36.4 Å². The summed E-state index contributed by atoms with van der Waals surface area (Å²) in [7, 11) is 1.47. The molecule has 2 N–H and O–H groups in total. The van der Waals surface area contributed by atoms with Gasteiger partial charge in [-0.2, -0.15) is 0 Å². The lowest BCUT2D eigenvalue weighted by Crippen LogP contribution is -2.31. The van der Waals surface area contributed by atoms with Crippen LogP contribution in [0.2, 0.25) is 10.0 Å². The lowest BCUT2D eigenvalue weighted by atomic mass is 10.1. The third kappa shape index (κ3) is 7.31. The minimum absolute atomic E-state index is 0.132. The number of halogens is 2. The van der Waals surface area contributed by atoms with Crippen LogP contribution in [0.1, 0.15) is 26.3 Å². The van der Waals surface area contributed by atoms with E-state index >= 15 is 0 Å². The van der Waals surface area contributed by atoms with E-state index in [2.05, 4.69) is 5.32 Å². The summed E-state index contributed by atoms with van der Waals surface area (Å²) in [4.78, 5) is 24.2. The third-order valence-corrected chi connectivity index (χ3v) is 4.75. The van der Waals surface area contributed by atoms with Gasteiger partial charge >= 0.3 is 5.97 Å². The van der Waals surface area contributed by atoms with E-state index in [0.717, 1.165) is 0 Å². The van der Waals surface area contributed by atoms with Gasteiger partial charge in [-0.05, 0) is 56.7 Å². The normalized spacial score (nSPS) is 12.9. The van der Waals surface area contributed by atoms with Crippen molar-refractivity contribution < 1.29 is 28.9 Å². The SMILES string of the molecule is COc1ccc(CC(OC(C)C)C(=O)O)cc1NC(=O)C(C)Oc1ccc(Cl)cc1Cl. The van der Waals surface area contributed by atoms with Crippen LogP contribution in [0, 0.1) is 0 Å². The molecule has 0 saturated heterocycles. The van der Waals surface area contributed by atoms with Crippen LogP contribution in [-0.4, -0.2) is 42.4 Å². The number of rotatable bonds is 10. The van der Waals surface area contributed by atoms with Crippen molar-refractivity contribution in [2.45, 2.75) is 45.5 Å². The van der Waals surface area contributed by atoms with Crippen molar-refractivity contribution in [3.8, 4) is 11.5 Å². The molecule has 31 heavy (non-hydrogen) atoms. The number of carbonyl (C=O) groups is 2. The van der Waals surface area contributed by atoms with E-state index in [0.29, 0.717) is 27.8 Å². The Balaban J connectivity index is 2.15. The molecule has 2 atom stereocenters. The lowest BCUT2D eigenvalue weighted by molar-refractivity contribution is -0.153. The molecular formula is C22H25Cl2NO6. The lowest BCUT2D eigenvalue weighted by Gasteiger charge is -2.19. The maximum atomic E-state index is 12.7. The number of amides is 1. The van der Waals surface area contributed by atoms with Crippen molar-refractivity contribution in [1.82, 2.24) is 0 Å². The fraction of sp³-hybridized carbons (Fsp3) is 0.364. The van der Waals surface area contributed by atoms with E-state index in [9.17, 15) is 14.7 Å². The molecule has 0 fully saturated rings. The zero-order valence-electron chi connectivity index (χ0n) is 17.6. The van der Waals surface area contributed by atoms with Gasteiger partial charge in [0.25, 0.3) is 5.91 Å². The van der Waals surface area contributed by atoms with Crippen molar-refractivity contribution >= 4 is 40.8 Å². The number of hydrogen-bond donors (Lipinski definition) is 2. The molecule has 0 aromatic heterocycles. The Morgan fingerprint density at radius 2 is 1.74 bits per heavy atom. The van der Waals surface area contributed by atoms with E-state index in [1.807, 2.05) is 0 Å². The second-order valence-electron chi connectivity index (χ2n) is 7.07. The minimum atomic E-state index is -1.06. The fourth-order valence-corrected chi connectivity index (χ4v) is 3.22. The first kappa shape index (κ1) is 24.8. The molecule has 7 nitrogen and oxygen atoms in total. The summed E-state index contributed by atoms with van der Waals surface area (Å²) in [5, 5.41) is 12.9. The van der Waals surface area contributed by atoms with Gasteiger partial charge in [0.1, 0.15) is 11.5 Å². The molecule has 2 aromatic rings. The quantitative estimate of drug-likeness (QED) is 0.517. The number of nitrogens with one attached hydrogen (secondary N) is 1. The summed E-state index contributed by atoms with van der Waals surface area (Å²) < 4.78 is 16.4. The highest BCUT2D eigenvalue weighted by atomic mass is 35.5. The summed E-state index contributed by atoms with van der Waals surface area (Å²) >= 11 is 12.0. The highest BCUT2D eigenvalue weighted by Crippen LogP contribution is 2.30. The van der Waals surface area contributed by atoms with E-state index in [-0.39, 0.29) is 17.5 Å². The van der Waals surface area contributed by atoms with Crippen molar-refractivity contribution in [3.63, 3.8) is 0 Å². The first-order valence-electron chi connectivity index (χ1n) is 9.58. The van der Waals surface area contributed by atoms with Crippen LogP contribution in [0.3, 0.4) is 0 Å². The van der Waals surface area contributed by atoms with Crippen molar-refractivity contribution in [2.75, 3.05) is 12.4 Å². The molecule has 2 rings (SSSR count).